The molecule has 3 rings (SSSR count). The van der Waals surface area contributed by atoms with Crippen molar-refractivity contribution in [3.05, 3.63) is 60.0 Å². The van der Waals surface area contributed by atoms with E-state index in [2.05, 4.69) is 11.2 Å². The molecule has 2 heterocycles. The van der Waals surface area contributed by atoms with Gasteiger partial charge in [-0.05, 0) is 31.2 Å². The van der Waals surface area contributed by atoms with E-state index < -0.39 is 0 Å². The van der Waals surface area contributed by atoms with Crippen molar-refractivity contribution >= 4 is 0 Å². The van der Waals surface area contributed by atoms with Crippen LogP contribution in [0.5, 0.6) is 0 Å². The highest BCUT2D eigenvalue weighted by molar-refractivity contribution is 5.58. The molecule has 0 radical (unpaired) electrons. The maximum absolute atomic E-state index is 9.01. The van der Waals surface area contributed by atoms with E-state index in [1.165, 1.54) is 5.56 Å². The van der Waals surface area contributed by atoms with Crippen molar-refractivity contribution in [1.29, 1.82) is 5.26 Å². The van der Waals surface area contributed by atoms with E-state index in [-0.39, 0.29) is 0 Å². The molecular weight excluding hydrogens is 238 g/mol. The number of aromatic nitrogens is 2. The van der Waals surface area contributed by atoms with Crippen LogP contribution in [0, 0.1) is 18.3 Å². The van der Waals surface area contributed by atoms with Gasteiger partial charge >= 0.3 is 0 Å². The number of furan rings is 1. The number of hydrogen-bond donors (Lipinski definition) is 0. The highest BCUT2D eigenvalue weighted by Crippen LogP contribution is 2.24. The van der Waals surface area contributed by atoms with Gasteiger partial charge in [0, 0.05) is 6.07 Å². The summed E-state index contributed by atoms with van der Waals surface area (Å²) >= 11 is 0. The Labute approximate surface area is 110 Å². The lowest BCUT2D eigenvalue weighted by Gasteiger charge is -2.05. The van der Waals surface area contributed by atoms with Crippen LogP contribution in [0.4, 0.5) is 0 Å². The zero-order valence-electron chi connectivity index (χ0n) is 10.4. The van der Waals surface area contributed by atoms with Gasteiger partial charge in [0.25, 0.3) is 0 Å². The summed E-state index contributed by atoms with van der Waals surface area (Å²) < 4.78 is 7.11. The Morgan fingerprint density at radius 3 is 2.63 bits per heavy atom. The third-order valence-corrected chi connectivity index (χ3v) is 2.88. The van der Waals surface area contributed by atoms with Gasteiger partial charge in [-0.2, -0.15) is 10.4 Å². The van der Waals surface area contributed by atoms with Crippen molar-refractivity contribution in [2.24, 2.45) is 0 Å². The molecule has 1 aromatic carbocycles. The van der Waals surface area contributed by atoms with Crippen LogP contribution in [0.1, 0.15) is 11.3 Å². The molecule has 19 heavy (non-hydrogen) atoms. The fraction of sp³-hybridized carbons (Fsp3) is 0.0667. The monoisotopic (exact) mass is 249 g/mol. The molecular formula is C15H11N3O. The lowest BCUT2D eigenvalue weighted by Crippen LogP contribution is -1.98. The Hall–Kier alpha value is -2.80. The number of benzene rings is 1. The fourth-order valence-electron chi connectivity index (χ4n) is 1.92. The third kappa shape index (κ3) is 2.02. The standard InChI is InChI=1S/C15H11N3O/c1-11-4-6-13(7-5-11)18-14(9-12(10-16)17-18)15-3-2-8-19-15/h2-9H,1H3. The van der Waals surface area contributed by atoms with Gasteiger partial charge in [-0.1, -0.05) is 17.7 Å². The maximum atomic E-state index is 9.01. The molecule has 0 fully saturated rings. The number of aryl methyl sites for hydroxylation is 1. The minimum absolute atomic E-state index is 0.368. The predicted octanol–water partition coefficient (Wildman–Crippen LogP) is 3.31. The molecule has 0 aliphatic carbocycles. The quantitative estimate of drug-likeness (QED) is 0.700. The van der Waals surface area contributed by atoms with Crippen LogP contribution in [-0.2, 0) is 0 Å². The molecule has 0 bridgehead atoms. The zero-order chi connectivity index (χ0) is 13.2. The first-order chi connectivity index (χ1) is 9.28. The van der Waals surface area contributed by atoms with Gasteiger partial charge in [0.15, 0.2) is 11.5 Å². The van der Waals surface area contributed by atoms with Crippen LogP contribution < -0.4 is 0 Å². The molecule has 2 aromatic heterocycles. The second-order valence-electron chi connectivity index (χ2n) is 4.25. The van der Waals surface area contributed by atoms with Crippen LogP contribution in [0.3, 0.4) is 0 Å². The van der Waals surface area contributed by atoms with Gasteiger partial charge in [0.05, 0.1) is 12.0 Å². The van der Waals surface area contributed by atoms with Crippen molar-refractivity contribution < 1.29 is 4.42 Å². The molecule has 92 valence electrons. The third-order valence-electron chi connectivity index (χ3n) is 2.88. The lowest BCUT2D eigenvalue weighted by molar-refractivity contribution is 0.577. The van der Waals surface area contributed by atoms with E-state index in [1.54, 1.807) is 17.0 Å². The Morgan fingerprint density at radius 1 is 1.21 bits per heavy atom. The van der Waals surface area contributed by atoms with Crippen molar-refractivity contribution in [2.75, 3.05) is 0 Å². The van der Waals surface area contributed by atoms with E-state index in [4.69, 9.17) is 9.68 Å². The maximum Gasteiger partial charge on any atom is 0.163 e. The second kappa shape index (κ2) is 4.46. The molecule has 0 amide bonds. The number of rotatable bonds is 2. The van der Waals surface area contributed by atoms with E-state index in [9.17, 15) is 0 Å². The van der Waals surface area contributed by atoms with Crippen LogP contribution in [-0.4, -0.2) is 9.78 Å². The summed E-state index contributed by atoms with van der Waals surface area (Å²) in [4.78, 5) is 0. The van der Waals surface area contributed by atoms with Gasteiger partial charge in [-0.3, -0.25) is 0 Å². The first-order valence-electron chi connectivity index (χ1n) is 5.89. The van der Waals surface area contributed by atoms with Gasteiger partial charge in [0.1, 0.15) is 11.8 Å². The average molecular weight is 249 g/mol. The summed E-state index contributed by atoms with van der Waals surface area (Å²) in [7, 11) is 0. The van der Waals surface area contributed by atoms with Crippen LogP contribution in [0.2, 0.25) is 0 Å². The summed E-state index contributed by atoms with van der Waals surface area (Å²) in [5.41, 5.74) is 3.21. The van der Waals surface area contributed by atoms with Crippen molar-refractivity contribution in [1.82, 2.24) is 9.78 Å². The number of nitriles is 1. The Kier molecular flexibility index (Phi) is 2.66. The number of nitrogens with zero attached hydrogens (tertiary/aromatic N) is 3. The van der Waals surface area contributed by atoms with E-state index in [0.29, 0.717) is 11.5 Å². The van der Waals surface area contributed by atoms with Crippen LogP contribution in [0.25, 0.3) is 17.1 Å². The van der Waals surface area contributed by atoms with Crippen LogP contribution >= 0.6 is 0 Å². The van der Waals surface area contributed by atoms with E-state index in [1.807, 2.05) is 43.3 Å². The summed E-state index contributed by atoms with van der Waals surface area (Å²) in [6.07, 6.45) is 1.61. The fourth-order valence-corrected chi connectivity index (χ4v) is 1.92. The van der Waals surface area contributed by atoms with Crippen molar-refractivity contribution in [3.8, 4) is 23.2 Å². The first kappa shape index (κ1) is 11.3. The number of hydrogen-bond acceptors (Lipinski definition) is 3. The lowest BCUT2D eigenvalue weighted by atomic mass is 10.2. The minimum Gasteiger partial charge on any atom is -0.463 e. The van der Waals surface area contributed by atoms with E-state index in [0.717, 1.165) is 11.4 Å². The molecule has 0 aliphatic heterocycles. The van der Waals surface area contributed by atoms with Crippen molar-refractivity contribution in [3.63, 3.8) is 0 Å². The highest BCUT2D eigenvalue weighted by Gasteiger charge is 2.13. The van der Waals surface area contributed by atoms with Gasteiger partial charge in [-0.25, -0.2) is 4.68 Å². The topological polar surface area (TPSA) is 54.8 Å². The van der Waals surface area contributed by atoms with Crippen molar-refractivity contribution in [2.45, 2.75) is 6.92 Å². The van der Waals surface area contributed by atoms with E-state index >= 15 is 0 Å². The summed E-state index contributed by atoms with van der Waals surface area (Å²) in [5, 5.41) is 13.3. The molecule has 0 atom stereocenters. The molecule has 3 aromatic rings. The normalized spacial score (nSPS) is 10.3. The first-order valence-corrected chi connectivity index (χ1v) is 5.89. The molecule has 0 aliphatic rings. The zero-order valence-corrected chi connectivity index (χ0v) is 10.4. The summed E-state index contributed by atoms with van der Waals surface area (Å²) in [5.74, 6) is 0.689. The molecule has 4 heteroatoms. The van der Waals surface area contributed by atoms with Gasteiger partial charge < -0.3 is 4.42 Å². The molecule has 0 N–H and O–H groups in total. The molecule has 4 nitrogen and oxygen atoms in total. The van der Waals surface area contributed by atoms with Crippen LogP contribution in [0.15, 0.2) is 53.1 Å². The largest absolute Gasteiger partial charge is 0.463 e. The SMILES string of the molecule is Cc1ccc(-n2nc(C#N)cc2-c2ccco2)cc1. The summed E-state index contributed by atoms with van der Waals surface area (Å²) in [6, 6.07) is 15.4. The average Bonchev–Trinajstić information content (AvgIpc) is 3.08. The second-order valence-corrected chi connectivity index (χ2v) is 4.25. The van der Waals surface area contributed by atoms with Gasteiger partial charge in [0.2, 0.25) is 0 Å². The predicted molar refractivity (Wildman–Crippen MR) is 70.7 cm³/mol. The highest BCUT2D eigenvalue weighted by atomic mass is 16.3. The molecule has 0 spiro atoms. The Morgan fingerprint density at radius 2 is 2.00 bits per heavy atom. The molecule has 0 saturated carbocycles. The Balaban J connectivity index is 2.18. The summed E-state index contributed by atoms with van der Waals surface area (Å²) in [6.45, 7) is 2.03. The smallest absolute Gasteiger partial charge is 0.163 e. The van der Waals surface area contributed by atoms with Gasteiger partial charge in [-0.15, -0.1) is 0 Å². The minimum atomic E-state index is 0.368. The Bertz CT molecular complexity index is 731. The molecule has 0 saturated heterocycles. The molecule has 0 unspecified atom stereocenters.